The molecule has 0 radical (unpaired) electrons. The van der Waals surface area contributed by atoms with Gasteiger partial charge in [0.15, 0.2) is 0 Å². The molecule has 160 valence electrons. The number of hydrogen-bond donors (Lipinski definition) is 0. The molecule has 0 aliphatic heterocycles. The maximum atomic E-state index is 12.8. The van der Waals surface area contributed by atoms with Gasteiger partial charge in [-0.15, -0.1) is 0 Å². The van der Waals surface area contributed by atoms with Crippen LogP contribution in [-0.2, 0) is 9.84 Å². The Labute approximate surface area is 180 Å². The number of alkyl halides is 3. The minimum atomic E-state index is -5.47. The first-order valence-corrected chi connectivity index (χ1v) is 10.8. The third-order valence-electron chi connectivity index (χ3n) is 4.54. The molecule has 0 atom stereocenters. The fourth-order valence-electron chi connectivity index (χ4n) is 3.17. The highest BCUT2D eigenvalue weighted by Crippen LogP contribution is 2.33. The number of aromatic nitrogens is 2. The van der Waals surface area contributed by atoms with E-state index in [1.54, 1.807) is 30.3 Å². The lowest BCUT2D eigenvalue weighted by Gasteiger charge is -2.12. The summed E-state index contributed by atoms with van der Waals surface area (Å²) in [6.07, 6.45) is 0. The zero-order valence-corrected chi connectivity index (χ0v) is 17.5. The molecule has 1 heterocycles. The summed E-state index contributed by atoms with van der Waals surface area (Å²) in [6, 6.07) is 16.5. The van der Waals surface area contributed by atoms with Gasteiger partial charge in [-0.3, -0.25) is 4.57 Å². The summed E-state index contributed by atoms with van der Waals surface area (Å²) < 4.78 is 69.3. The average Bonchev–Trinajstić information content (AvgIpc) is 3.05. The zero-order valence-electron chi connectivity index (χ0n) is 15.9. The Hall–Kier alpha value is -3.04. The molecular formula is C21H14ClF3N2O3S. The van der Waals surface area contributed by atoms with Crippen molar-refractivity contribution in [3.63, 3.8) is 0 Å². The smallest absolute Gasteiger partial charge is 0.457 e. The normalized spacial score (nSPS) is 12.3. The molecular weight excluding hydrogens is 453 g/mol. The van der Waals surface area contributed by atoms with Crippen LogP contribution in [0.3, 0.4) is 0 Å². The second-order valence-corrected chi connectivity index (χ2v) is 8.97. The van der Waals surface area contributed by atoms with Gasteiger partial charge < -0.3 is 4.74 Å². The highest BCUT2D eigenvalue weighted by molar-refractivity contribution is 7.92. The van der Waals surface area contributed by atoms with Gasteiger partial charge in [-0.1, -0.05) is 29.8 Å². The topological polar surface area (TPSA) is 61.2 Å². The summed E-state index contributed by atoms with van der Waals surface area (Å²) in [4.78, 5) is 3.59. The first kappa shape index (κ1) is 21.2. The zero-order chi connectivity index (χ0) is 22.4. The van der Waals surface area contributed by atoms with Crippen LogP contribution in [0, 0.1) is 6.92 Å². The fourth-order valence-corrected chi connectivity index (χ4v) is 4.18. The molecule has 4 aromatic rings. The van der Waals surface area contributed by atoms with Crippen molar-refractivity contribution in [1.82, 2.24) is 9.55 Å². The monoisotopic (exact) mass is 466 g/mol. The van der Waals surface area contributed by atoms with E-state index >= 15 is 0 Å². The van der Waals surface area contributed by atoms with Crippen LogP contribution in [0.15, 0.2) is 71.6 Å². The average molecular weight is 467 g/mol. The van der Waals surface area contributed by atoms with Crippen molar-refractivity contribution in [2.75, 3.05) is 0 Å². The maximum Gasteiger partial charge on any atom is 0.501 e. The van der Waals surface area contributed by atoms with E-state index in [1.165, 1.54) is 12.1 Å². The maximum absolute atomic E-state index is 12.8. The Morgan fingerprint density at radius 2 is 1.61 bits per heavy atom. The SMILES string of the molecule is Cc1nc2c(Cl)cccc2n1-c1cccc(Oc2cccc(S(=O)(=O)C(F)(F)F)c2)c1. The molecule has 0 aliphatic rings. The van der Waals surface area contributed by atoms with E-state index in [4.69, 9.17) is 16.3 Å². The van der Waals surface area contributed by atoms with E-state index in [9.17, 15) is 21.6 Å². The molecule has 31 heavy (non-hydrogen) atoms. The van der Waals surface area contributed by atoms with Gasteiger partial charge in [-0.05, 0) is 49.4 Å². The van der Waals surface area contributed by atoms with Gasteiger partial charge in [-0.25, -0.2) is 13.4 Å². The summed E-state index contributed by atoms with van der Waals surface area (Å²) in [6.45, 7) is 1.81. The highest BCUT2D eigenvalue weighted by atomic mass is 35.5. The number of sulfone groups is 1. The molecule has 10 heteroatoms. The largest absolute Gasteiger partial charge is 0.501 e. The van der Waals surface area contributed by atoms with Crippen LogP contribution in [0.4, 0.5) is 13.2 Å². The van der Waals surface area contributed by atoms with E-state index < -0.39 is 20.2 Å². The summed E-state index contributed by atoms with van der Waals surface area (Å²) >= 11 is 6.22. The molecule has 0 N–H and O–H groups in total. The molecule has 0 spiro atoms. The lowest BCUT2D eigenvalue weighted by Crippen LogP contribution is -2.23. The Balaban J connectivity index is 1.71. The molecule has 3 aromatic carbocycles. The number of ether oxygens (including phenoxy) is 1. The molecule has 0 aliphatic carbocycles. The molecule has 0 saturated heterocycles. The molecule has 5 nitrogen and oxygen atoms in total. The number of nitrogens with zero attached hydrogens (tertiary/aromatic N) is 2. The van der Waals surface area contributed by atoms with E-state index in [2.05, 4.69) is 4.98 Å². The van der Waals surface area contributed by atoms with Crippen LogP contribution in [0.2, 0.25) is 5.02 Å². The lowest BCUT2D eigenvalue weighted by atomic mass is 10.2. The number of rotatable bonds is 4. The molecule has 0 fully saturated rings. The Bertz CT molecular complexity index is 1400. The van der Waals surface area contributed by atoms with Gasteiger partial charge in [0.25, 0.3) is 9.84 Å². The van der Waals surface area contributed by atoms with Crippen molar-refractivity contribution in [3.8, 4) is 17.2 Å². The second-order valence-electron chi connectivity index (χ2n) is 6.63. The van der Waals surface area contributed by atoms with Gasteiger partial charge >= 0.3 is 5.51 Å². The van der Waals surface area contributed by atoms with Crippen LogP contribution >= 0.6 is 11.6 Å². The van der Waals surface area contributed by atoms with Crippen molar-refractivity contribution in [1.29, 1.82) is 0 Å². The number of imidazole rings is 1. The predicted octanol–water partition coefficient (Wildman–Crippen LogP) is 6.07. The first-order valence-electron chi connectivity index (χ1n) is 8.91. The minimum absolute atomic E-state index is 0.0438. The van der Waals surface area contributed by atoms with Crippen LogP contribution in [0.1, 0.15) is 5.82 Å². The van der Waals surface area contributed by atoms with E-state index in [0.29, 0.717) is 27.8 Å². The van der Waals surface area contributed by atoms with Gasteiger partial charge in [0.05, 0.1) is 21.1 Å². The first-order chi connectivity index (χ1) is 14.6. The number of aryl methyl sites for hydroxylation is 1. The van der Waals surface area contributed by atoms with E-state index in [1.807, 2.05) is 23.6 Å². The Morgan fingerprint density at radius 1 is 0.968 bits per heavy atom. The van der Waals surface area contributed by atoms with Gasteiger partial charge in [0.2, 0.25) is 0 Å². The van der Waals surface area contributed by atoms with Crippen molar-refractivity contribution in [2.45, 2.75) is 17.3 Å². The van der Waals surface area contributed by atoms with Crippen molar-refractivity contribution in [2.24, 2.45) is 0 Å². The van der Waals surface area contributed by atoms with Crippen molar-refractivity contribution in [3.05, 3.63) is 77.6 Å². The molecule has 4 rings (SSSR count). The second kappa shape index (κ2) is 7.58. The summed E-state index contributed by atoms with van der Waals surface area (Å²) in [7, 11) is -5.47. The number of benzene rings is 3. The quantitative estimate of drug-likeness (QED) is 0.366. The fraction of sp³-hybridized carbons (Fsp3) is 0.0952. The van der Waals surface area contributed by atoms with Gasteiger partial charge in [0.1, 0.15) is 22.8 Å². The Kier molecular flexibility index (Phi) is 5.18. The molecule has 0 bridgehead atoms. The third kappa shape index (κ3) is 3.86. The van der Waals surface area contributed by atoms with Gasteiger partial charge in [0, 0.05) is 6.07 Å². The molecule has 0 saturated carbocycles. The summed E-state index contributed by atoms with van der Waals surface area (Å²) in [5.41, 5.74) is -3.29. The van der Waals surface area contributed by atoms with Crippen LogP contribution in [0.5, 0.6) is 11.5 Å². The molecule has 0 amide bonds. The van der Waals surface area contributed by atoms with Crippen molar-refractivity contribution < 1.29 is 26.3 Å². The van der Waals surface area contributed by atoms with E-state index in [0.717, 1.165) is 17.6 Å². The minimum Gasteiger partial charge on any atom is -0.457 e. The highest BCUT2D eigenvalue weighted by Gasteiger charge is 2.46. The third-order valence-corrected chi connectivity index (χ3v) is 6.32. The van der Waals surface area contributed by atoms with E-state index in [-0.39, 0.29) is 5.75 Å². The number of fused-ring (bicyclic) bond motifs is 1. The number of para-hydroxylation sites is 1. The number of hydrogen-bond acceptors (Lipinski definition) is 4. The van der Waals surface area contributed by atoms with Gasteiger partial charge in [-0.2, -0.15) is 13.2 Å². The summed E-state index contributed by atoms with van der Waals surface area (Å²) in [5.74, 6) is 0.943. The lowest BCUT2D eigenvalue weighted by molar-refractivity contribution is -0.0436. The number of halogens is 4. The Morgan fingerprint density at radius 3 is 2.32 bits per heavy atom. The van der Waals surface area contributed by atoms with Crippen LogP contribution in [-0.4, -0.2) is 23.5 Å². The molecule has 0 unspecified atom stereocenters. The van der Waals surface area contributed by atoms with Crippen LogP contribution in [0.25, 0.3) is 16.7 Å². The predicted molar refractivity (Wildman–Crippen MR) is 111 cm³/mol. The van der Waals surface area contributed by atoms with Crippen molar-refractivity contribution >= 4 is 32.5 Å². The molecule has 1 aromatic heterocycles. The van der Waals surface area contributed by atoms with Crippen LogP contribution < -0.4 is 4.74 Å². The summed E-state index contributed by atoms with van der Waals surface area (Å²) in [5, 5.41) is 0.509. The standard InChI is InChI=1S/C21H14ClF3N2O3S/c1-13-26-20-18(22)9-4-10-19(20)27(13)14-5-2-6-15(11-14)30-16-7-3-8-17(12-16)31(28,29)21(23,24)25/h2-12H,1H3.